The summed E-state index contributed by atoms with van der Waals surface area (Å²) < 4.78 is 29.3. The van der Waals surface area contributed by atoms with Crippen LogP contribution >= 0.6 is 15.9 Å². The van der Waals surface area contributed by atoms with Crippen molar-refractivity contribution in [1.82, 2.24) is 0 Å². The van der Waals surface area contributed by atoms with Crippen LogP contribution in [0.25, 0.3) is 0 Å². The average Bonchev–Trinajstić information content (AvgIpc) is 2.50. The first-order valence-electron chi connectivity index (χ1n) is 6.99. The molecule has 1 amide bonds. The normalized spacial score (nSPS) is 11.2. The van der Waals surface area contributed by atoms with Crippen LogP contribution in [0.2, 0.25) is 0 Å². The van der Waals surface area contributed by atoms with Crippen molar-refractivity contribution in [3.05, 3.63) is 52.0 Å². The average molecular weight is 413 g/mol. The molecule has 0 saturated carbocycles. The lowest BCUT2D eigenvalue weighted by Crippen LogP contribution is -2.21. The third-order valence-corrected chi connectivity index (χ3v) is 4.85. The van der Waals surface area contributed by atoms with Gasteiger partial charge in [-0.1, -0.05) is 15.9 Å². The van der Waals surface area contributed by atoms with Crippen molar-refractivity contribution in [3.63, 3.8) is 0 Å². The molecule has 24 heavy (non-hydrogen) atoms. The van der Waals surface area contributed by atoms with E-state index in [0.717, 1.165) is 10.0 Å². The predicted octanol–water partition coefficient (Wildman–Crippen LogP) is 2.73. The highest BCUT2D eigenvalue weighted by molar-refractivity contribution is 9.10. The van der Waals surface area contributed by atoms with Crippen LogP contribution in [-0.4, -0.2) is 20.9 Å². The highest BCUT2D eigenvalue weighted by Crippen LogP contribution is 2.23. The fraction of sp³-hybridized carbons (Fsp3) is 0.188. The highest BCUT2D eigenvalue weighted by atomic mass is 79.9. The number of aryl methyl sites for hydroxylation is 1. The topological polar surface area (TPSA) is 98.5 Å². The minimum Gasteiger partial charge on any atom is -0.484 e. The number of amides is 1. The maximum absolute atomic E-state index is 12.1. The van der Waals surface area contributed by atoms with Gasteiger partial charge in [-0.15, -0.1) is 0 Å². The third kappa shape index (κ3) is 4.80. The standard InChI is InChI=1S/C16H17BrN2O4S/c1-10-7-14(24(18,21)22)8-15(11(10)2)19-16(20)9-23-13-5-3-12(17)4-6-13/h3-8H,9H2,1-2H3,(H,19,20)(H2,18,21,22). The molecule has 0 heterocycles. The van der Waals surface area contributed by atoms with Crippen LogP contribution in [-0.2, 0) is 14.8 Å². The van der Waals surface area contributed by atoms with Crippen LogP contribution in [0.3, 0.4) is 0 Å². The molecule has 6 nitrogen and oxygen atoms in total. The molecule has 128 valence electrons. The molecular formula is C16H17BrN2O4S. The number of nitrogens with one attached hydrogen (secondary N) is 1. The van der Waals surface area contributed by atoms with Crippen molar-refractivity contribution in [1.29, 1.82) is 0 Å². The van der Waals surface area contributed by atoms with E-state index in [-0.39, 0.29) is 11.5 Å². The number of nitrogens with two attached hydrogens (primary N) is 1. The van der Waals surface area contributed by atoms with Crippen LogP contribution in [0, 0.1) is 13.8 Å². The number of primary sulfonamides is 1. The highest BCUT2D eigenvalue weighted by Gasteiger charge is 2.14. The van der Waals surface area contributed by atoms with E-state index in [1.165, 1.54) is 12.1 Å². The minimum atomic E-state index is -3.85. The van der Waals surface area contributed by atoms with Gasteiger partial charge in [-0.2, -0.15) is 0 Å². The lowest BCUT2D eigenvalue weighted by Gasteiger charge is -2.13. The van der Waals surface area contributed by atoms with Crippen LogP contribution in [0.4, 0.5) is 5.69 Å². The lowest BCUT2D eigenvalue weighted by atomic mass is 10.1. The van der Waals surface area contributed by atoms with Crippen molar-refractivity contribution in [2.75, 3.05) is 11.9 Å². The van der Waals surface area contributed by atoms with Gasteiger partial charge in [0.1, 0.15) is 5.75 Å². The van der Waals surface area contributed by atoms with E-state index in [9.17, 15) is 13.2 Å². The maximum Gasteiger partial charge on any atom is 0.262 e. The van der Waals surface area contributed by atoms with Crippen molar-refractivity contribution >= 4 is 37.5 Å². The first-order valence-corrected chi connectivity index (χ1v) is 9.33. The molecule has 2 aromatic carbocycles. The molecule has 2 aromatic rings. The summed E-state index contributed by atoms with van der Waals surface area (Å²) in [6.45, 7) is 3.34. The molecule has 0 bridgehead atoms. The fourth-order valence-electron chi connectivity index (χ4n) is 1.99. The summed E-state index contributed by atoms with van der Waals surface area (Å²) in [6.07, 6.45) is 0. The number of benzene rings is 2. The maximum atomic E-state index is 12.1. The number of carbonyl (C=O) groups excluding carboxylic acids is 1. The summed E-state index contributed by atoms with van der Waals surface area (Å²) in [5, 5.41) is 7.81. The van der Waals surface area contributed by atoms with Crippen LogP contribution in [0.15, 0.2) is 45.8 Å². The summed E-state index contributed by atoms with van der Waals surface area (Å²) in [6, 6.07) is 9.88. The molecule has 0 atom stereocenters. The molecule has 0 fully saturated rings. The van der Waals surface area contributed by atoms with E-state index in [1.807, 2.05) is 0 Å². The minimum absolute atomic E-state index is 0.0465. The smallest absolute Gasteiger partial charge is 0.262 e. The van der Waals surface area contributed by atoms with Gasteiger partial charge in [-0.05, 0) is 61.4 Å². The number of rotatable bonds is 5. The summed E-state index contributed by atoms with van der Waals surface area (Å²) in [7, 11) is -3.85. The Kier molecular flexibility index (Phi) is 5.63. The molecule has 2 rings (SSSR count). The summed E-state index contributed by atoms with van der Waals surface area (Å²) in [4.78, 5) is 12.0. The Hall–Kier alpha value is -1.90. The Balaban J connectivity index is 2.11. The van der Waals surface area contributed by atoms with Crippen molar-refractivity contribution in [2.45, 2.75) is 18.7 Å². The van der Waals surface area contributed by atoms with Gasteiger partial charge >= 0.3 is 0 Å². The Bertz CT molecular complexity index is 864. The van der Waals surface area contributed by atoms with Crippen molar-refractivity contribution in [3.8, 4) is 5.75 Å². The lowest BCUT2D eigenvalue weighted by molar-refractivity contribution is -0.118. The Morgan fingerprint density at radius 2 is 1.83 bits per heavy atom. The zero-order valence-electron chi connectivity index (χ0n) is 13.2. The molecule has 0 aliphatic carbocycles. The number of sulfonamides is 1. The summed E-state index contributed by atoms with van der Waals surface area (Å²) >= 11 is 3.31. The molecule has 8 heteroatoms. The van der Waals surface area contributed by atoms with Gasteiger partial charge in [-0.25, -0.2) is 13.6 Å². The van der Waals surface area contributed by atoms with Crippen LogP contribution in [0.1, 0.15) is 11.1 Å². The zero-order chi connectivity index (χ0) is 17.9. The molecule has 3 N–H and O–H groups in total. The van der Waals surface area contributed by atoms with Gasteiger partial charge in [0.15, 0.2) is 6.61 Å². The largest absolute Gasteiger partial charge is 0.484 e. The molecule has 0 aliphatic heterocycles. The van der Waals surface area contributed by atoms with Gasteiger partial charge in [0.25, 0.3) is 5.91 Å². The Labute approximate surface area is 149 Å². The van der Waals surface area contributed by atoms with Gasteiger partial charge in [0, 0.05) is 10.2 Å². The quantitative estimate of drug-likeness (QED) is 0.788. The molecular weight excluding hydrogens is 396 g/mol. The van der Waals surface area contributed by atoms with E-state index in [2.05, 4.69) is 21.2 Å². The second-order valence-electron chi connectivity index (χ2n) is 5.25. The number of halogens is 1. The van der Waals surface area contributed by atoms with E-state index < -0.39 is 15.9 Å². The second-order valence-corrected chi connectivity index (χ2v) is 7.73. The van der Waals surface area contributed by atoms with Crippen molar-refractivity contribution < 1.29 is 17.9 Å². The second kappa shape index (κ2) is 7.33. The monoisotopic (exact) mass is 412 g/mol. The predicted molar refractivity (Wildman–Crippen MR) is 95.6 cm³/mol. The van der Waals surface area contributed by atoms with Gasteiger partial charge in [0.2, 0.25) is 10.0 Å². The third-order valence-electron chi connectivity index (χ3n) is 3.43. The van der Waals surface area contributed by atoms with Crippen molar-refractivity contribution in [2.24, 2.45) is 5.14 Å². The molecule has 0 spiro atoms. The summed E-state index contributed by atoms with van der Waals surface area (Å²) in [5.74, 6) is 0.159. The molecule has 0 saturated heterocycles. The Morgan fingerprint density at radius 1 is 1.21 bits per heavy atom. The molecule has 0 radical (unpaired) electrons. The van der Waals surface area contributed by atoms with E-state index >= 15 is 0 Å². The van der Waals surface area contributed by atoms with E-state index in [0.29, 0.717) is 17.0 Å². The number of anilines is 1. The van der Waals surface area contributed by atoms with Crippen LogP contribution < -0.4 is 15.2 Å². The molecule has 0 aliphatic rings. The summed E-state index contributed by atoms with van der Waals surface area (Å²) in [5.41, 5.74) is 1.87. The molecule has 0 unspecified atom stereocenters. The van der Waals surface area contributed by atoms with Gasteiger partial charge in [-0.3, -0.25) is 4.79 Å². The van der Waals surface area contributed by atoms with Gasteiger partial charge < -0.3 is 10.1 Å². The zero-order valence-corrected chi connectivity index (χ0v) is 15.6. The number of carbonyl (C=O) groups is 1. The van der Waals surface area contributed by atoms with Crippen LogP contribution in [0.5, 0.6) is 5.75 Å². The number of ether oxygens (including phenoxy) is 1. The number of hydrogen-bond acceptors (Lipinski definition) is 4. The number of hydrogen-bond donors (Lipinski definition) is 2. The molecule has 0 aromatic heterocycles. The van der Waals surface area contributed by atoms with Gasteiger partial charge in [0.05, 0.1) is 4.90 Å². The van der Waals surface area contributed by atoms with E-state index in [4.69, 9.17) is 9.88 Å². The first-order chi connectivity index (χ1) is 11.2. The SMILES string of the molecule is Cc1cc(S(N)(=O)=O)cc(NC(=O)COc2ccc(Br)cc2)c1C. The fourth-order valence-corrected chi connectivity index (χ4v) is 2.87. The Morgan fingerprint density at radius 3 is 2.42 bits per heavy atom. The first kappa shape index (κ1) is 18.4. The van der Waals surface area contributed by atoms with E-state index in [1.54, 1.807) is 38.1 Å².